The Bertz CT molecular complexity index is 2500. The van der Waals surface area contributed by atoms with Crippen LogP contribution in [0.2, 0.25) is 308 Å². The zero-order valence-corrected chi connectivity index (χ0v) is 107. The van der Waals surface area contributed by atoms with E-state index in [1.165, 1.54) is 119 Å². The normalized spacial score (nSPS) is 14.7. The lowest BCUT2D eigenvalue weighted by Crippen LogP contribution is -2.52. The average Bonchev–Trinajstić information content (AvgIpc) is 1.83. The van der Waals surface area contributed by atoms with Crippen LogP contribution in [0.15, 0.2) is 4.99 Å². The molecule has 3 N–H and O–H groups in total. The largest absolute Gasteiger partial charge is 0.437 e. The van der Waals surface area contributed by atoms with E-state index in [4.69, 9.17) is 69.7 Å². The van der Waals surface area contributed by atoms with Gasteiger partial charge in [0.05, 0.1) is 19.8 Å². The number of ether oxygens (including phenoxy) is 2. The standard InChI is InChI=1S/C16H38O4Si3.C14H33NO3Si3.C14H34O3Si3.C13H35NO2Si3.C13H34O3Si3.C13H34O2SSi3/c1-8-9-12-21(2,3)19-23(6,7)20-22(4,5)13-10-11-17-14-16-15-18-16;1-8-9-12-19(2,3)17-21(6,7)18-20(4,5)13-10-11-15-14-16;1-9-10-12-18(3,4)16-20(7,8)17-19(5,6)13-11-14(2)15;2*1-8-9-12-17(2,3)15-19(6,7)16-18(4,5)13-10-11-14;1-8-9-12-17(2,3)14-19(6,7)15-18(4,5)13-10-11-16/h16H,8-15H2,1-7H3;8-13H2,1-7H3;9-13H2,1-8H3;8-14H2,1-7H3;14H,8-13H2,1-7H3;16H,8-13H2,1-7H3. The van der Waals surface area contributed by atoms with Crippen molar-refractivity contribution in [3.8, 4) is 0 Å². The molecule has 121 heavy (non-hydrogen) atoms. The van der Waals surface area contributed by atoms with E-state index in [0.717, 1.165) is 94.4 Å². The topological polar surface area (TPSA) is 225 Å². The number of nitrogens with zero attached hydrogens (tertiary/aromatic N) is 1. The van der Waals surface area contributed by atoms with Gasteiger partial charge in [-0.05, 0) is 360 Å². The molecule has 1 rings (SSSR count). The number of isocyanates is 1. The van der Waals surface area contributed by atoms with Crippen molar-refractivity contribution in [2.24, 2.45) is 10.7 Å². The number of carbonyl (C=O) groups excluding carboxylic acids is 2. The molecule has 0 aromatic carbocycles. The molecule has 1 aliphatic rings. The highest BCUT2D eigenvalue weighted by Gasteiger charge is 2.46. The summed E-state index contributed by atoms with van der Waals surface area (Å²) in [5.74, 6) is 1.21. The molecule has 1 fully saturated rings. The van der Waals surface area contributed by atoms with Gasteiger partial charge >= 0.3 is 51.4 Å². The molecule has 730 valence electrons. The Morgan fingerprint density at radius 2 is 0.554 bits per heavy atom. The molecule has 0 aliphatic carbocycles. The fourth-order valence-electron chi connectivity index (χ4n) is 16.0. The van der Waals surface area contributed by atoms with E-state index in [9.17, 15) is 9.59 Å². The number of aliphatic hydroxyl groups excluding tert-OH is 1. The molecule has 1 unspecified atom stereocenters. The van der Waals surface area contributed by atoms with Crippen LogP contribution in [0.4, 0.5) is 0 Å². The number of ketones is 1. The first-order chi connectivity index (χ1) is 54.6. The van der Waals surface area contributed by atoms with E-state index < -0.39 is 151 Å². The van der Waals surface area contributed by atoms with Gasteiger partial charge in [-0.25, -0.2) is 9.79 Å². The Labute approximate surface area is 777 Å². The molecule has 0 aromatic rings. The van der Waals surface area contributed by atoms with Gasteiger partial charge in [-0.15, -0.1) is 0 Å². The lowest BCUT2D eigenvalue weighted by molar-refractivity contribution is -0.116. The fraction of sp³-hybridized carbons (Fsp3) is 0.976. The quantitative estimate of drug-likeness (QED) is 0.0128. The fourth-order valence-corrected chi connectivity index (χ4v) is 102. The van der Waals surface area contributed by atoms with Gasteiger partial charge in [-0.1, -0.05) is 119 Å². The van der Waals surface area contributed by atoms with Crippen molar-refractivity contribution in [3.63, 3.8) is 0 Å². The van der Waals surface area contributed by atoms with Crippen molar-refractivity contribution in [2.75, 3.05) is 45.3 Å². The minimum absolute atomic E-state index is 0.257. The second kappa shape index (κ2) is 63.1. The lowest BCUT2D eigenvalue weighted by Gasteiger charge is -2.39. The van der Waals surface area contributed by atoms with Crippen LogP contribution in [0.3, 0.4) is 0 Å². The van der Waals surface area contributed by atoms with Gasteiger partial charge in [0.15, 0.2) is 99.8 Å². The van der Waals surface area contributed by atoms with Crippen molar-refractivity contribution in [1.82, 2.24) is 0 Å². The number of unbranched alkanes of at least 4 members (excludes halogenated alkanes) is 6. The van der Waals surface area contributed by atoms with Crippen molar-refractivity contribution in [2.45, 2.75) is 478 Å². The molecule has 1 atom stereocenters. The van der Waals surface area contributed by atoms with E-state index in [2.05, 4.69) is 295 Å². The highest BCUT2D eigenvalue weighted by molar-refractivity contribution is 7.80. The second-order valence-electron chi connectivity index (χ2n) is 44.3. The highest BCUT2D eigenvalue weighted by Crippen LogP contribution is 2.34. The number of epoxide rings is 1. The average molecular weight is 2040 g/mol. The molecular weight excluding hydrogens is 1830 g/mol. The molecule has 38 heteroatoms. The Balaban J connectivity index is -0.000000446. The van der Waals surface area contributed by atoms with Crippen LogP contribution in [-0.4, -0.2) is 220 Å². The molecule has 0 saturated carbocycles. The van der Waals surface area contributed by atoms with Gasteiger partial charge in [-0.3, -0.25) is 0 Å². The molecule has 1 heterocycles. The van der Waals surface area contributed by atoms with E-state index >= 15 is 0 Å². The van der Waals surface area contributed by atoms with Crippen molar-refractivity contribution < 1.29 is 73.6 Å². The monoisotopic (exact) mass is 2040 g/mol. The summed E-state index contributed by atoms with van der Waals surface area (Å²) in [5.41, 5.74) is 5.61. The molecule has 1 aliphatic heterocycles. The van der Waals surface area contributed by atoms with Crippen LogP contribution in [0.1, 0.15) is 164 Å². The number of thiol groups is 1. The smallest absolute Gasteiger partial charge is 0.311 e. The van der Waals surface area contributed by atoms with Gasteiger partial charge in [0, 0.05) is 19.6 Å². The van der Waals surface area contributed by atoms with Crippen LogP contribution in [-0.2, 0) is 68.4 Å². The predicted octanol–water partition coefficient (Wildman–Crippen LogP) is 28.2. The maximum absolute atomic E-state index is 11.2. The van der Waals surface area contributed by atoms with Gasteiger partial charge in [0.2, 0.25) is 6.08 Å². The molecular formula is C83H208N2O17SSi18. The van der Waals surface area contributed by atoms with Crippen molar-refractivity contribution in [3.05, 3.63) is 0 Å². The summed E-state index contributed by atoms with van der Waals surface area (Å²) in [6.45, 7) is 100. The maximum atomic E-state index is 11.2. The number of aliphatic imine (C=N–C) groups is 1. The first-order valence-corrected chi connectivity index (χ1v) is 103. The number of Topliss-reactive ketones (excluding diaryl/α,β-unsaturated/α-hetero) is 1. The number of hydrogen-bond acceptors (Lipinski definition) is 20. The second-order valence-corrected chi connectivity index (χ2v) is 120. The third-order valence-electron chi connectivity index (χ3n) is 19.9. The van der Waals surface area contributed by atoms with E-state index in [1.807, 2.05) is 0 Å². The maximum Gasteiger partial charge on any atom is 0.311 e. The summed E-state index contributed by atoms with van der Waals surface area (Å²) in [4.78, 5) is 24.9. The Morgan fingerprint density at radius 1 is 0.347 bits per heavy atom. The number of hydrogen-bond donors (Lipinski definition) is 3. The SMILES string of the molecule is CCCC[Si](C)(C)O[Si](C)(C)O[Si](C)(C)CCC(C)=O.CCCC[Si](C)(C)O[Si](C)(C)O[Si](C)(C)CCCN.CCCC[Si](C)(C)O[Si](C)(C)O[Si](C)(C)CCCN=C=O.CCCC[Si](C)(C)O[Si](C)(C)O[Si](C)(C)CCCO.CCCC[Si](C)(C)O[Si](C)(C)O[Si](C)(C)CCCOCC1CO1.CCCC[Si](C)(C)O[Si](C)(C)O[Si](C)(C)CCCS. The first kappa shape index (κ1) is 132. The molecule has 0 amide bonds. The van der Waals surface area contributed by atoms with Crippen LogP contribution < -0.4 is 5.73 Å². The molecule has 0 spiro atoms. The molecule has 19 nitrogen and oxygen atoms in total. The summed E-state index contributed by atoms with van der Waals surface area (Å²) in [6.07, 6.45) is 22.7. The third-order valence-corrected chi connectivity index (χ3v) is 88.9. The molecule has 1 saturated heterocycles. The van der Waals surface area contributed by atoms with Crippen LogP contribution >= 0.6 is 12.6 Å². The van der Waals surface area contributed by atoms with Crippen LogP contribution in [0, 0.1) is 0 Å². The minimum Gasteiger partial charge on any atom is -0.437 e. The molecule has 0 radical (unpaired) electrons. The highest BCUT2D eigenvalue weighted by atomic mass is 32.1. The molecule has 0 bridgehead atoms. The van der Waals surface area contributed by atoms with Gasteiger partial charge < -0.3 is 74.5 Å². The van der Waals surface area contributed by atoms with E-state index in [1.54, 1.807) is 13.0 Å². The summed E-state index contributed by atoms with van der Waals surface area (Å²) < 4.78 is 88.7. The summed E-state index contributed by atoms with van der Waals surface area (Å²) in [5, 5.41) is 8.97. The Morgan fingerprint density at radius 3 is 0.752 bits per heavy atom. The Hall–Kier alpha value is 2.66. The van der Waals surface area contributed by atoms with Gasteiger partial charge in [0.1, 0.15) is 11.9 Å². The summed E-state index contributed by atoms with van der Waals surface area (Å²) in [7, 11) is -31.8. The van der Waals surface area contributed by atoms with E-state index in [0.29, 0.717) is 19.1 Å². The predicted molar refractivity (Wildman–Crippen MR) is 577 cm³/mol. The molecule has 0 aromatic heterocycles. The zero-order chi connectivity index (χ0) is 95.6. The van der Waals surface area contributed by atoms with Crippen LogP contribution in [0.25, 0.3) is 0 Å². The number of rotatable bonds is 64. The summed E-state index contributed by atoms with van der Waals surface area (Å²) in [6, 6.07) is 13.8. The minimum atomic E-state index is -2.08. The summed E-state index contributed by atoms with van der Waals surface area (Å²) >= 11 is 4.30. The van der Waals surface area contributed by atoms with Crippen molar-refractivity contribution >= 4 is 176 Å². The van der Waals surface area contributed by atoms with E-state index in [-0.39, 0.29) is 12.4 Å². The van der Waals surface area contributed by atoms with Crippen molar-refractivity contribution in [1.29, 1.82) is 0 Å². The third kappa shape index (κ3) is 85.3. The first-order valence-electron chi connectivity index (χ1n) is 47.6. The number of carbonyl (C=O) groups is 1. The Kier molecular flexibility index (Phi) is 68.9. The van der Waals surface area contributed by atoms with Gasteiger partial charge in [0.25, 0.3) is 0 Å². The van der Waals surface area contributed by atoms with Crippen LogP contribution in [0.5, 0.6) is 0 Å². The lowest BCUT2D eigenvalue weighted by atomic mass is 10.4. The number of nitrogens with two attached hydrogens (primary N) is 1. The number of aliphatic hydroxyl groups is 1. The zero-order valence-electron chi connectivity index (χ0n) is 88.2. The van der Waals surface area contributed by atoms with Gasteiger partial charge in [-0.2, -0.15) is 12.6 Å².